The van der Waals surface area contributed by atoms with Gasteiger partial charge in [-0.15, -0.1) is 0 Å². The first-order chi connectivity index (χ1) is 11.2. The summed E-state index contributed by atoms with van der Waals surface area (Å²) < 4.78 is 19.2. The van der Waals surface area contributed by atoms with E-state index in [2.05, 4.69) is 10.3 Å². The normalized spacial score (nSPS) is 11.2. The van der Waals surface area contributed by atoms with E-state index >= 15 is 0 Å². The van der Waals surface area contributed by atoms with Crippen molar-refractivity contribution in [1.29, 1.82) is 0 Å². The lowest BCUT2D eigenvalue weighted by molar-refractivity contribution is 0.0635. The van der Waals surface area contributed by atoms with Crippen LogP contribution in [0.5, 0.6) is 0 Å². The second-order valence-electron chi connectivity index (χ2n) is 6.53. The van der Waals surface area contributed by atoms with Gasteiger partial charge in [-0.2, -0.15) is 0 Å². The standard InChI is InChI=1S/C18H22FN3O2/c1-18(2,3)24-17(23)22-15-7-6-12(10-14(15)19)4-5-13-8-9-21-16(20)11-13/h6-11H,4-5H2,1-3H3,(H2,20,21)(H,22,23). The number of nitrogens with one attached hydrogen (secondary N) is 1. The first kappa shape index (κ1) is 17.7. The maximum absolute atomic E-state index is 14.1. The number of ether oxygens (including phenoxy) is 1. The summed E-state index contributed by atoms with van der Waals surface area (Å²) in [4.78, 5) is 15.6. The number of nitrogens with two attached hydrogens (primary N) is 1. The summed E-state index contributed by atoms with van der Waals surface area (Å²) in [7, 11) is 0. The summed E-state index contributed by atoms with van der Waals surface area (Å²) in [5.74, 6) is -0.0248. The molecule has 1 heterocycles. The zero-order valence-electron chi connectivity index (χ0n) is 14.1. The molecule has 2 aromatic rings. The Labute approximate surface area is 141 Å². The third kappa shape index (κ3) is 5.53. The predicted octanol–water partition coefficient (Wildman–Crippen LogP) is 3.94. The molecule has 3 N–H and O–H groups in total. The van der Waals surface area contributed by atoms with E-state index in [1.165, 1.54) is 12.1 Å². The molecule has 0 bridgehead atoms. The lowest BCUT2D eigenvalue weighted by Crippen LogP contribution is -2.27. The SMILES string of the molecule is CC(C)(C)OC(=O)Nc1ccc(CCc2ccnc(N)c2)cc1F. The van der Waals surface area contributed by atoms with E-state index in [1.807, 2.05) is 6.07 Å². The van der Waals surface area contributed by atoms with Crippen LogP contribution in [0.1, 0.15) is 31.9 Å². The Morgan fingerprint density at radius 3 is 2.46 bits per heavy atom. The average molecular weight is 331 g/mol. The molecule has 0 radical (unpaired) electrons. The minimum Gasteiger partial charge on any atom is -0.444 e. The number of hydrogen-bond donors (Lipinski definition) is 2. The molecule has 0 aliphatic heterocycles. The Bertz CT molecular complexity index is 726. The highest BCUT2D eigenvalue weighted by molar-refractivity contribution is 5.85. The molecule has 0 saturated carbocycles. The summed E-state index contributed by atoms with van der Waals surface area (Å²) in [6.07, 6.45) is 2.36. The van der Waals surface area contributed by atoms with Gasteiger partial charge in [-0.25, -0.2) is 14.2 Å². The van der Waals surface area contributed by atoms with Gasteiger partial charge >= 0.3 is 6.09 Å². The monoisotopic (exact) mass is 331 g/mol. The largest absolute Gasteiger partial charge is 0.444 e. The van der Waals surface area contributed by atoms with Gasteiger partial charge in [0, 0.05) is 6.20 Å². The van der Waals surface area contributed by atoms with Gasteiger partial charge in [0.15, 0.2) is 0 Å². The Balaban J connectivity index is 1.98. The Kier molecular flexibility index (Phi) is 5.39. The molecule has 5 nitrogen and oxygen atoms in total. The van der Waals surface area contributed by atoms with E-state index < -0.39 is 17.5 Å². The molecule has 0 unspecified atom stereocenters. The van der Waals surface area contributed by atoms with E-state index in [-0.39, 0.29) is 5.69 Å². The highest BCUT2D eigenvalue weighted by atomic mass is 19.1. The van der Waals surface area contributed by atoms with Crippen LogP contribution in [-0.4, -0.2) is 16.7 Å². The third-order valence-electron chi connectivity index (χ3n) is 3.22. The first-order valence-corrected chi connectivity index (χ1v) is 7.72. The molecule has 0 fully saturated rings. The van der Waals surface area contributed by atoms with Crippen LogP contribution in [0.4, 0.5) is 20.7 Å². The van der Waals surface area contributed by atoms with Crippen LogP contribution < -0.4 is 11.1 Å². The van der Waals surface area contributed by atoms with E-state index in [0.717, 1.165) is 17.5 Å². The summed E-state index contributed by atoms with van der Waals surface area (Å²) in [6, 6.07) is 8.41. The number of aromatic nitrogens is 1. The Morgan fingerprint density at radius 2 is 1.88 bits per heavy atom. The van der Waals surface area contributed by atoms with E-state index in [1.54, 1.807) is 39.1 Å². The van der Waals surface area contributed by atoms with Crippen LogP contribution in [0.2, 0.25) is 0 Å². The molecular formula is C18H22FN3O2. The van der Waals surface area contributed by atoms with Gasteiger partial charge in [-0.05, 0) is 69.0 Å². The number of carbonyl (C=O) groups excluding carboxylic acids is 1. The number of hydrogen-bond acceptors (Lipinski definition) is 4. The smallest absolute Gasteiger partial charge is 0.412 e. The predicted molar refractivity (Wildman–Crippen MR) is 92.3 cm³/mol. The molecular weight excluding hydrogens is 309 g/mol. The number of anilines is 2. The van der Waals surface area contributed by atoms with E-state index in [4.69, 9.17) is 10.5 Å². The van der Waals surface area contributed by atoms with Gasteiger partial charge < -0.3 is 10.5 Å². The number of halogens is 1. The fourth-order valence-corrected chi connectivity index (χ4v) is 2.17. The highest BCUT2D eigenvalue weighted by Crippen LogP contribution is 2.19. The molecule has 1 aromatic carbocycles. The maximum Gasteiger partial charge on any atom is 0.412 e. The molecule has 0 aliphatic carbocycles. The Morgan fingerprint density at radius 1 is 1.21 bits per heavy atom. The third-order valence-corrected chi connectivity index (χ3v) is 3.22. The van der Waals surface area contributed by atoms with Crippen LogP contribution in [-0.2, 0) is 17.6 Å². The first-order valence-electron chi connectivity index (χ1n) is 7.72. The van der Waals surface area contributed by atoms with Gasteiger partial charge in [0.05, 0.1) is 5.69 Å². The molecule has 0 spiro atoms. The number of benzene rings is 1. The topological polar surface area (TPSA) is 77.2 Å². The number of rotatable bonds is 4. The number of pyridine rings is 1. The zero-order valence-corrected chi connectivity index (χ0v) is 14.1. The van der Waals surface area contributed by atoms with Crippen molar-refractivity contribution < 1.29 is 13.9 Å². The summed E-state index contributed by atoms with van der Waals surface area (Å²) >= 11 is 0. The van der Waals surface area contributed by atoms with Crippen molar-refractivity contribution in [1.82, 2.24) is 4.98 Å². The molecule has 1 amide bonds. The molecule has 0 atom stereocenters. The van der Waals surface area contributed by atoms with Crippen LogP contribution >= 0.6 is 0 Å². The van der Waals surface area contributed by atoms with Gasteiger partial charge in [-0.1, -0.05) is 6.07 Å². The number of amides is 1. The number of carbonyl (C=O) groups is 1. The van der Waals surface area contributed by atoms with E-state index in [0.29, 0.717) is 12.2 Å². The van der Waals surface area contributed by atoms with Crippen molar-refractivity contribution in [2.45, 2.75) is 39.2 Å². The minimum absolute atomic E-state index is 0.0983. The minimum atomic E-state index is -0.679. The van der Waals surface area contributed by atoms with Crippen LogP contribution in [0.25, 0.3) is 0 Å². The lowest BCUT2D eigenvalue weighted by Gasteiger charge is -2.19. The van der Waals surface area contributed by atoms with Gasteiger partial charge in [0.1, 0.15) is 17.2 Å². The highest BCUT2D eigenvalue weighted by Gasteiger charge is 2.17. The molecule has 24 heavy (non-hydrogen) atoms. The van der Waals surface area contributed by atoms with Gasteiger partial charge in [0.25, 0.3) is 0 Å². The second-order valence-corrected chi connectivity index (χ2v) is 6.53. The van der Waals surface area contributed by atoms with Crippen molar-refractivity contribution in [3.05, 3.63) is 53.5 Å². The molecule has 0 saturated heterocycles. The molecule has 6 heteroatoms. The summed E-state index contributed by atoms with van der Waals surface area (Å²) in [6.45, 7) is 5.24. The van der Waals surface area contributed by atoms with Gasteiger partial charge in [-0.3, -0.25) is 5.32 Å². The van der Waals surface area contributed by atoms with Crippen LogP contribution in [0, 0.1) is 5.82 Å². The van der Waals surface area contributed by atoms with Crippen LogP contribution in [0.3, 0.4) is 0 Å². The molecule has 0 aliphatic rings. The lowest BCUT2D eigenvalue weighted by atomic mass is 10.0. The van der Waals surface area contributed by atoms with Crippen molar-refractivity contribution in [2.24, 2.45) is 0 Å². The summed E-state index contributed by atoms with van der Waals surface area (Å²) in [5.41, 5.74) is 6.98. The van der Waals surface area contributed by atoms with Crippen molar-refractivity contribution in [3.63, 3.8) is 0 Å². The van der Waals surface area contributed by atoms with Gasteiger partial charge in [0.2, 0.25) is 0 Å². The van der Waals surface area contributed by atoms with Crippen molar-refractivity contribution in [3.8, 4) is 0 Å². The quantitative estimate of drug-likeness (QED) is 0.890. The average Bonchev–Trinajstić information content (AvgIpc) is 2.46. The van der Waals surface area contributed by atoms with E-state index in [9.17, 15) is 9.18 Å². The maximum atomic E-state index is 14.1. The molecule has 1 aromatic heterocycles. The zero-order chi connectivity index (χ0) is 17.7. The second kappa shape index (κ2) is 7.29. The fraction of sp³-hybridized carbons (Fsp3) is 0.333. The number of nitrogens with zero attached hydrogens (tertiary/aromatic N) is 1. The van der Waals surface area contributed by atoms with Crippen LogP contribution in [0.15, 0.2) is 36.5 Å². The fourth-order valence-electron chi connectivity index (χ4n) is 2.17. The summed E-state index contributed by atoms with van der Waals surface area (Å²) in [5, 5.41) is 2.41. The molecule has 128 valence electrons. The van der Waals surface area contributed by atoms with Crippen molar-refractivity contribution in [2.75, 3.05) is 11.1 Å². The van der Waals surface area contributed by atoms with Crippen molar-refractivity contribution >= 4 is 17.6 Å². The molecule has 2 rings (SSSR count). The Hall–Kier alpha value is -2.63. The number of aryl methyl sites for hydroxylation is 2. The number of nitrogen functional groups attached to an aromatic ring is 1.